The van der Waals surface area contributed by atoms with Gasteiger partial charge >= 0.3 is 0 Å². The number of hydrogen-bond donors (Lipinski definition) is 1. The molecule has 5 nitrogen and oxygen atoms in total. The summed E-state index contributed by atoms with van der Waals surface area (Å²) in [5.41, 5.74) is 2.07. The summed E-state index contributed by atoms with van der Waals surface area (Å²) >= 11 is 0. The number of aryl methyl sites for hydroxylation is 2. The fraction of sp³-hybridized carbons (Fsp3) is 0.211. The summed E-state index contributed by atoms with van der Waals surface area (Å²) in [5, 5.41) is 3.10. The molecule has 0 aliphatic rings. The number of rotatable bonds is 6. The highest BCUT2D eigenvalue weighted by Gasteiger charge is 2.20. The van der Waals surface area contributed by atoms with E-state index in [0.717, 1.165) is 17.0 Å². The van der Waals surface area contributed by atoms with Gasteiger partial charge in [0.15, 0.2) is 0 Å². The van der Waals surface area contributed by atoms with Crippen molar-refractivity contribution in [1.82, 2.24) is 19.9 Å². The van der Waals surface area contributed by atoms with Crippen LogP contribution in [0.3, 0.4) is 0 Å². The van der Waals surface area contributed by atoms with Crippen molar-refractivity contribution < 1.29 is 4.79 Å². The van der Waals surface area contributed by atoms with Crippen molar-refractivity contribution in [2.45, 2.75) is 18.9 Å². The molecular formula is C19H20N4O. The lowest BCUT2D eigenvalue weighted by atomic mass is 10.1. The van der Waals surface area contributed by atoms with Crippen molar-refractivity contribution in [2.24, 2.45) is 7.05 Å². The Morgan fingerprint density at radius 1 is 1.17 bits per heavy atom. The smallest absolute Gasteiger partial charge is 0.221 e. The summed E-state index contributed by atoms with van der Waals surface area (Å²) < 4.78 is 1.93. The first-order valence-electron chi connectivity index (χ1n) is 7.94. The van der Waals surface area contributed by atoms with Crippen LogP contribution in [0.15, 0.2) is 67.3 Å². The molecule has 2 heterocycles. The molecule has 0 fully saturated rings. The summed E-state index contributed by atoms with van der Waals surface area (Å²) in [7, 11) is 1.93. The van der Waals surface area contributed by atoms with Crippen molar-refractivity contribution >= 4 is 5.91 Å². The van der Waals surface area contributed by atoms with Gasteiger partial charge in [-0.1, -0.05) is 36.4 Å². The van der Waals surface area contributed by atoms with Crippen molar-refractivity contribution in [3.63, 3.8) is 0 Å². The summed E-state index contributed by atoms with van der Waals surface area (Å²) in [5.74, 6) is 0.812. The quantitative estimate of drug-likeness (QED) is 0.759. The second kappa shape index (κ2) is 7.55. The van der Waals surface area contributed by atoms with Gasteiger partial charge in [0, 0.05) is 38.3 Å². The molecule has 1 atom stereocenters. The Hall–Kier alpha value is -2.95. The lowest BCUT2D eigenvalue weighted by Crippen LogP contribution is -2.31. The monoisotopic (exact) mass is 320 g/mol. The first kappa shape index (κ1) is 15.9. The Morgan fingerprint density at radius 2 is 2.00 bits per heavy atom. The summed E-state index contributed by atoms with van der Waals surface area (Å²) in [6.07, 6.45) is 8.23. The SMILES string of the molecule is Cn1ccnc1C(NC(=O)CCc1cccnc1)c1ccccc1. The Kier molecular flexibility index (Phi) is 5.01. The third-order valence-electron chi connectivity index (χ3n) is 3.92. The standard InChI is InChI=1S/C19H20N4O/c1-23-13-12-21-19(23)18(16-7-3-2-4-8-16)22-17(24)10-9-15-6-5-11-20-14-15/h2-8,11-14,18H,9-10H2,1H3,(H,22,24). The molecule has 0 aliphatic heterocycles. The van der Waals surface area contributed by atoms with Crippen LogP contribution in [0, 0.1) is 0 Å². The Bertz CT molecular complexity index is 783. The number of hydrogen-bond acceptors (Lipinski definition) is 3. The zero-order valence-electron chi connectivity index (χ0n) is 13.6. The molecule has 0 saturated carbocycles. The number of nitrogens with zero attached hydrogens (tertiary/aromatic N) is 3. The molecule has 24 heavy (non-hydrogen) atoms. The predicted molar refractivity (Wildman–Crippen MR) is 92.2 cm³/mol. The van der Waals surface area contributed by atoms with Gasteiger partial charge in [-0.05, 0) is 23.6 Å². The molecule has 0 radical (unpaired) electrons. The largest absolute Gasteiger partial charge is 0.342 e. The van der Waals surface area contributed by atoms with E-state index in [9.17, 15) is 4.79 Å². The van der Waals surface area contributed by atoms with E-state index in [2.05, 4.69) is 15.3 Å². The lowest BCUT2D eigenvalue weighted by Gasteiger charge is -2.19. The van der Waals surface area contributed by atoms with Crippen molar-refractivity contribution in [2.75, 3.05) is 0 Å². The molecule has 1 aromatic carbocycles. The highest BCUT2D eigenvalue weighted by molar-refractivity contribution is 5.77. The first-order chi connectivity index (χ1) is 11.7. The van der Waals surface area contributed by atoms with Crippen LogP contribution in [0.25, 0.3) is 0 Å². The number of amides is 1. The molecular weight excluding hydrogens is 300 g/mol. The van der Waals surface area contributed by atoms with E-state index < -0.39 is 0 Å². The molecule has 5 heteroatoms. The molecule has 2 aromatic heterocycles. The van der Waals surface area contributed by atoms with Gasteiger partial charge in [0.25, 0.3) is 0 Å². The van der Waals surface area contributed by atoms with Crippen LogP contribution in [-0.2, 0) is 18.3 Å². The third-order valence-corrected chi connectivity index (χ3v) is 3.92. The van der Waals surface area contributed by atoms with Gasteiger partial charge in [0.05, 0.1) is 0 Å². The van der Waals surface area contributed by atoms with E-state index >= 15 is 0 Å². The highest BCUT2D eigenvalue weighted by atomic mass is 16.1. The van der Waals surface area contributed by atoms with E-state index in [4.69, 9.17) is 0 Å². The highest BCUT2D eigenvalue weighted by Crippen LogP contribution is 2.20. The molecule has 0 saturated heterocycles. The predicted octanol–water partition coefficient (Wildman–Crippen LogP) is 2.65. The fourth-order valence-corrected chi connectivity index (χ4v) is 2.63. The number of aromatic nitrogens is 3. The van der Waals surface area contributed by atoms with Crippen LogP contribution in [0.2, 0.25) is 0 Å². The number of carbonyl (C=O) groups excluding carboxylic acids is 1. The van der Waals surface area contributed by atoms with Gasteiger partial charge in [-0.25, -0.2) is 4.98 Å². The lowest BCUT2D eigenvalue weighted by molar-refractivity contribution is -0.121. The molecule has 0 bridgehead atoms. The van der Waals surface area contributed by atoms with E-state index in [1.165, 1.54) is 0 Å². The number of pyridine rings is 1. The van der Waals surface area contributed by atoms with E-state index in [-0.39, 0.29) is 11.9 Å². The topological polar surface area (TPSA) is 59.8 Å². The molecule has 122 valence electrons. The number of nitrogens with one attached hydrogen (secondary N) is 1. The maximum Gasteiger partial charge on any atom is 0.221 e. The summed E-state index contributed by atoms with van der Waals surface area (Å²) in [6, 6.07) is 13.5. The van der Waals surface area contributed by atoms with Crippen LogP contribution >= 0.6 is 0 Å². The Balaban J connectivity index is 1.72. The van der Waals surface area contributed by atoms with Crippen LogP contribution in [0.5, 0.6) is 0 Å². The molecule has 3 rings (SSSR count). The Labute approximate surface area is 141 Å². The van der Waals surface area contributed by atoms with Crippen LogP contribution in [-0.4, -0.2) is 20.4 Å². The minimum absolute atomic E-state index is 0.00398. The third kappa shape index (κ3) is 3.87. The summed E-state index contributed by atoms with van der Waals surface area (Å²) in [4.78, 5) is 20.9. The molecule has 1 amide bonds. The fourth-order valence-electron chi connectivity index (χ4n) is 2.63. The number of carbonyl (C=O) groups is 1. The average molecular weight is 320 g/mol. The Morgan fingerprint density at radius 3 is 2.67 bits per heavy atom. The van der Waals surface area contributed by atoms with Crippen LogP contribution in [0.4, 0.5) is 0 Å². The minimum atomic E-state index is -0.257. The van der Waals surface area contributed by atoms with Crippen molar-refractivity contribution in [3.05, 3.63) is 84.2 Å². The van der Waals surface area contributed by atoms with Crippen LogP contribution < -0.4 is 5.32 Å². The number of benzene rings is 1. The van der Waals surface area contributed by atoms with Crippen molar-refractivity contribution in [1.29, 1.82) is 0 Å². The van der Waals surface area contributed by atoms with E-state index in [1.54, 1.807) is 18.6 Å². The average Bonchev–Trinajstić information content (AvgIpc) is 3.05. The van der Waals surface area contributed by atoms with Gasteiger partial charge in [-0.2, -0.15) is 0 Å². The zero-order valence-corrected chi connectivity index (χ0v) is 13.6. The molecule has 3 aromatic rings. The van der Waals surface area contributed by atoms with E-state index in [1.807, 2.05) is 60.3 Å². The molecule has 0 spiro atoms. The van der Waals surface area contributed by atoms with Gasteiger partial charge < -0.3 is 9.88 Å². The zero-order chi connectivity index (χ0) is 16.8. The van der Waals surface area contributed by atoms with Crippen molar-refractivity contribution in [3.8, 4) is 0 Å². The first-order valence-corrected chi connectivity index (χ1v) is 7.94. The minimum Gasteiger partial charge on any atom is -0.342 e. The van der Waals surface area contributed by atoms with Gasteiger partial charge in [0.1, 0.15) is 11.9 Å². The molecule has 1 N–H and O–H groups in total. The normalized spacial score (nSPS) is 11.9. The summed E-state index contributed by atoms with van der Waals surface area (Å²) in [6.45, 7) is 0. The molecule has 0 aliphatic carbocycles. The van der Waals surface area contributed by atoms with E-state index in [0.29, 0.717) is 12.8 Å². The second-order valence-corrected chi connectivity index (χ2v) is 5.67. The van der Waals surface area contributed by atoms with Gasteiger partial charge in [0.2, 0.25) is 5.91 Å². The maximum atomic E-state index is 12.4. The second-order valence-electron chi connectivity index (χ2n) is 5.67. The molecule has 1 unspecified atom stereocenters. The maximum absolute atomic E-state index is 12.4. The van der Waals surface area contributed by atoms with Gasteiger partial charge in [-0.15, -0.1) is 0 Å². The van der Waals surface area contributed by atoms with Crippen LogP contribution in [0.1, 0.15) is 29.4 Å². The van der Waals surface area contributed by atoms with Gasteiger partial charge in [-0.3, -0.25) is 9.78 Å². The number of imidazole rings is 1.